The summed E-state index contributed by atoms with van der Waals surface area (Å²) >= 11 is 5.71. The van der Waals surface area contributed by atoms with Gasteiger partial charge < -0.3 is 10.4 Å². The van der Waals surface area contributed by atoms with Crippen LogP contribution in [0.5, 0.6) is 5.75 Å². The van der Waals surface area contributed by atoms with Crippen LogP contribution in [0.2, 0.25) is 5.02 Å². The Morgan fingerprint density at radius 3 is 3.09 bits per heavy atom. The van der Waals surface area contributed by atoms with Crippen LogP contribution >= 0.6 is 11.6 Å². The quantitative estimate of drug-likeness (QED) is 0.623. The van der Waals surface area contributed by atoms with Gasteiger partial charge in [0.25, 0.3) is 0 Å². The van der Waals surface area contributed by atoms with Crippen molar-refractivity contribution in [3.05, 3.63) is 22.7 Å². The Labute approximate surface area is 69.8 Å². The molecular weight excluding hydrogens is 162 g/mol. The van der Waals surface area contributed by atoms with Gasteiger partial charge in [-0.2, -0.15) is 0 Å². The highest BCUT2D eigenvalue weighted by Crippen LogP contribution is 2.32. The monoisotopic (exact) mass is 169 g/mol. The molecule has 0 bridgehead atoms. The van der Waals surface area contributed by atoms with E-state index >= 15 is 0 Å². The van der Waals surface area contributed by atoms with E-state index < -0.39 is 0 Å². The molecule has 0 aliphatic carbocycles. The molecular formula is C8H8ClNO. The maximum Gasteiger partial charge on any atom is 0.136 e. The van der Waals surface area contributed by atoms with E-state index in [1.165, 1.54) is 5.56 Å². The molecule has 0 radical (unpaired) electrons. The Hall–Kier alpha value is -0.890. The van der Waals surface area contributed by atoms with Gasteiger partial charge in [-0.25, -0.2) is 0 Å². The summed E-state index contributed by atoms with van der Waals surface area (Å²) in [6.45, 7) is 0.940. The molecule has 0 amide bonds. The first-order valence-electron chi connectivity index (χ1n) is 3.52. The van der Waals surface area contributed by atoms with Crippen LogP contribution in [-0.4, -0.2) is 11.7 Å². The van der Waals surface area contributed by atoms with Gasteiger partial charge >= 0.3 is 0 Å². The van der Waals surface area contributed by atoms with E-state index in [1.807, 2.05) is 6.07 Å². The van der Waals surface area contributed by atoms with Gasteiger partial charge in [0, 0.05) is 18.3 Å². The molecule has 3 heteroatoms. The van der Waals surface area contributed by atoms with Crippen molar-refractivity contribution in [2.75, 3.05) is 11.9 Å². The molecule has 2 N–H and O–H groups in total. The van der Waals surface area contributed by atoms with E-state index in [4.69, 9.17) is 11.6 Å². The number of phenols is 1. The molecule has 0 spiro atoms. The normalized spacial score (nSPS) is 14.3. The minimum atomic E-state index is 0.153. The highest BCUT2D eigenvalue weighted by atomic mass is 35.5. The second kappa shape index (κ2) is 2.31. The minimum absolute atomic E-state index is 0.153. The summed E-state index contributed by atoms with van der Waals surface area (Å²) < 4.78 is 0. The van der Waals surface area contributed by atoms with Crippen molar-refractivity contribution in [1.29, 1.82) is 0 Å². The SMILES string of the molecule is Oc1cc2c(cc1Cl)CCN2. The van der Waals surface area contributed by atoms with Crippen LogP contribution in [0.4, 0.5) is 5.69 Å². The summed E-state index contributed by atoms with van der Waals surface area (Å²) in [6.07, 6.45) is 0.995. The van der Waals surface area contributed by atoms with Crippen LogP contribution in [-0.2, 0) is 6.42 Å². The molecule has 0 unspecified atom stereocenters. The summed E-state index contributed by atoms with van der Waals surface area (Å²) in [6, 6.07) is 3.48. The third-order valence-corrected chi connectivity index (χ3v) is 2.19. The van der Waals surface area contributed by atoms with E-state index in [-0.39, 0.29) is 5.75 Å². The Bertz CT molecular complexity index is 269. The summed E-state index contributed by atoms with van der Waals surface area (Å²) in [7, 11) is 0. The van der Waals surface area contributed by atoms with E-state index in [0.717, 1.165) is 18.7 Å². The largest absolute Gasteiger partial charge is 0.506 e. The molecule has 0 atom stereocenters. The molecule has 1 heterocycles. The number of halogens is 1. The lowest BCUT2D eigenvalue weighted by Crippen LogP contribution is -1.90. The topological polar surface area (TPSA) is 32.3 Å². The Morgan fingerprint density at radius 2 is 2.27 bits per heavy atom. The molecule has 1 aromatic rings. The first-order valence-corrected chi connectivity index (χ1v) is 3.90. The number of aromatic hydroxyl groups is 1. The van der Waals surface area contributed by atoms with Crippen LogP contribution in [0.1, 0.15) is 5.56 Å². The first-order chi connectivity index (χ1) is 5.27. The fourth-order valence-electron chi connectivity index (χ4n) is 1.31. The zero-order valence-electron chi connectivity index (χ0n) is 5.89. The molecule has 58 valence electrons. The number of benzene rings is 1. The number of anilines is 1. The Balaban J connectivity index is 2.57. The predicted octanol–water partition coefficient (Wildman–Crippen LogP) is 2.01. The van der Waals surface area contributed by atoms with E-state index in [1.54, 1.807) is 6.07 Å². The van der Waals surface area contributed by atoms with Gasteiger partial charge in [0.1, 0.15) is 5.75 Å². The smallest absolute Gasteiger partial charge is 0.136 e. The number of nitrogens with one attached hydrogen (secondary N) is 1. The molecule has 11 heavy (non-hydrogen) atoms. The fourth-order valence-corrected chi connectivity index (χ4v) is 1.49. The second-order valence-corrected chi connectivity index (χ2v) is 3.04. The zero-order chi connectivity index (χ0) is 7.84. The predicted molar refractivity (Wildman–Crippen MR) is 45.3 cm³/mol. The van der Waals surface area contributed by atoms with Gasteiger partial charge in [0.05, 0.1) is 5.02 Å². The molecule has 2 nitrogen and oxygen atoms in total. The first kappa shape index (κ1) is 6.80. The van der Waals surface area contributed by atoms with Gasteiger partial charge in [-0.15, -0.1) is 0 Å². The average Bonchev–Trinajstić information content (AvgIpc) is 2.36. The van der Waals surface area contributed by atoms with Gasteiger partial charge in [-0.3, -0.25) is 0 Å². The summed E-state index contributed by atoms with van der Waals surface area (Å²) in [5.74, 6) is 0.153. The van der Waals surface area contributed by atoms with Gasteiger partial charge in [0.15, 0.2) is 0 Å². The molecule has 0 aromatic heterocycles. The highest BCUT2D eigenvalue weighted by molar-refractivity contribution is 6.32. The Morgan fingerprint density at radius 1 is 1.45 bits per heavy atom. The molecule has 0 fully saturated rings. The van der Waals surface area contributed by atoms with Crippen molar-refractivity contribution in [3.63, 3.8) is 0 Å². The molecule has 1 aliphatic heterocycles. The van der Waals surface area contributed by atoms with E-state index in [9.17, 15) is 5.11 Å². The fraction of sp³-hybridized carbons (Fsp3) is 0.250. The zero-order valence-corrected chi connectivity index (χ0v) is 6.65. The van der Waals surface area contributed by atoms with Crippen molar-refractivity contribution in [3.8, 4) is 5.75 Å². The number of rotatable bonds is 0. The summed E-state index contributed by atoms with van der Waals surface area (Å²) in [5.41, 5.74) is 2.19. The molecule has 2 rings (SSSR count). The lowest BCUT2D eigenvalue weighted by molar-refractivity contribution is 0.476. The van der Waals surface area contributed by atoms with Crippen LogP contribution in [0.25, 0.3) is 0 Å². The summed E-state index contributed by atoms with van der Waals surface area (Å²) in [4.78, 5) is 0. The van der Waals surface area contributed by atoms with Crippen molar-refractivity contribution >= 4 is 17.3 Å². The lowest BCUT2D eigenvalue weighted by atomic mass is 10.1. The molecule has 0 saturated heterocycles. The third kappa shape index (κ3) is 1.03. The van der Waals surface area contributed by atoms with Crippen LogP contribution in [0, 0.1) is 0 Å². The lowest BCUT2D eigenvalue weighted by Gasteiger charge is -2.01. The highest BCUT2D eigenvalue weighted by Gasteiger charge is 2.12. The third-order valence-electron chi connectivity index (χ3n) is 1.88. The minimum Gasteiger partial charge on any atom is -0.506 e. The van der Waals surface area contributed by atoms with Crippen molar-refractivity contribution in [2.24, 2.45) is 0 Å². The van der Waals surface area contributed by atoms with Gasteiger partial charge in [-0.05, 0) is 18.1 Å². The standard InChI is InChI=1S/C8H8ClNO/c9-6-3-5-1-2-10-7(5)4-8(6)11/h3-4,10-11H,1-2H2. The van der Waals surface area contributed by atoms with Crippen LogP contribution < -0.4 is 5.32 Å². The van der Waals surface area contributed by atoms with Crippen molar-refractivity contribution < 1.29 is 5.11 Å². The number of fused-ring (bicyclic) bond motifs is 1. The average molecular weight is 170 g/mol. The maximum atomic E-state index is 9.21. The number of phenolic OH excluding ortho intramolecular Hbond substituents is 1. The summed E-state index contributed by atoms with van der Waals surface area (Å²) in [5, 5.41) is 12.8. The van der Waals surface area contributed by atoms with E-state index in [2.05, 4.69) is 5.32 Å². The molecule has 1 aliphatic rings. The van der Waals surface area contributed by atoms with Crippen molar-refractivity contribution in [1.82, 2.24) is 0 Å². The van der Waals surface area contributed by atoms with Crippen molar-refractivity contribution in [2.45, 2.75) is 6.42 Å². The Kier molecular flexibility index (Phi) is 1.43. The second-order valence-electron chi connectivity index (χ2n) is 2.64. The van der Waals surface area contributed by atoms with Gasteiger partial charge in [-0.1, -0.05) is 11.6 Å². The van der Waals surface area contributed by atoms with Crippen LogP contribution in [0.15, 0.2) is 12.1 Å². The van der Waals surface area contributed by atoms with Gasteiger partial charge in [0.2, 0.25) is 0 Å². The number of hydrogen-bond donors (Lipinski definition) is 2. The molecule has 0 saturated carbocycles. The molecule has 1 aromatic carbocycles. The van der Waals surface area contributed by atoms with E-state index in [0.29, 0.717) is 5.02 Å². The van der Waals surface area contributed by atoms with Crippen LogP contribution in [0.3, 0.4) is 0 Å². The number of hydrogen-bond acceptors (Lipinski definition) is 2. The maximum absolute atomic E-state index is 9.21.